The summed E-state index contributed by atoms with van der Waals surface area (Å²) in [6, 6.07) is 7.09. The van der Waals surface area contributed by atoms with E-state index in [0.29, 0.717) is 35.9 Å². The zero-order valence-electron chi connectivity index (χ0n) is 13.9. The molecule has 120 valence electrons. The molecule has 0 aliphatic carbocycles. The van der Waals surface area contributed by atoms with E-state index in [0.717, 1.165) is 0 Å². The van der Waals surface area contributed by atoms with E-state index in [-0.39, 0.29) is 5.91 Å². The first kappa shape index (κ1) is 18.0. The van der Waals surface area contributed by atoms with E-state index in [1.165, 1.54) is 7.11 Å². The van der Waals surface area contributed by atoms with Crippen molar-refractivity contribution in [2.24, 2.45) is 5.92 Å². The molecule has 0 aliphatic heterocycles. The summed E-state index contributed by atoms with van der Waals surface area (Å²) < 4.78 is 10.8. The Morgan fingerprint density at radius 2 is 2.14 bits per heavy atom. The summed E-state index contributed by atoms with van der Waals surface area (Å²) >= 11 is 0. The van der Waals surface area contributed by atoms with Crippen LogP contribution in [0.2, 0.25) is 0 Å². The van der Waals surface area contributed by atoms with Gasteiger partial charge in [0.25, 0.3) is 5.91 Å². The van der Waals surface area contributed by atoms with E-state index < -0.39 is 5.60 Å². The summed E-state index contributed by atoms with van der Waals surface area (Å²) in [5.41, 5.74) is -0.107. The number of ether oxygens (including phenoxy) is 2. The number of methoxy groups -OCH3 is 1. The highest BCUT2D eigenvalue weighted by Gasteiger charge is 2.34. The second-order valence-electron chi connectivity index (χ2n) is 5.74. The van der Waals surface area contributed by atoms with Crippen LogP contribution in [0.4, 0.5) is 5.69 Å². The van der Waals surface area contributed by atoms with Gasteiger partial charge in [0.1, 0.15) is 17.4 Å². The Hall–Kier alpha value is -2.06. The molecule has 5 heteroatoms. The molecule has 0 saturated carbocycles. The van der Waals surface area contributed by atoms with E-state index in [9.17, 15) is 10.1 Å². The predicted octanol–water partition coefficient (Wildman–Crippen LogP) is 3.35. The minimum Gasteiger partial charge on any atom is -0.494 e. The summed E-state index contributed by atoms with van der Waals surface area (Å²) in [6.07, 6.45) is 0.592. The molecule has 0 aliphatic rings. The van der Waals surface area contributed by atoms with Gasteiger partial charge in [-0.05, 0) is 44.4 Å². The van der Waals surface area contributed by atoms with Crippen molar-refractivity contribution in [2.45, 2.75) is 39.7 Å². The molecule has 0 spiro atoms. The van der Waals surface area contributed by atoms with Crippen molar-refractivity contribution in [3.8, 4) is 11.8 Å². The lowest BCUT2D eigenvalue weighted by molar-refractivity contribution is -0.137. The van der Waals surface area contributed by atoms with Crippen LogP contribution in [-0.4, -0.2) is 25.2 Å². The minimum atomic E-state index is -0.931. The van der Waals surface area contributed by atoms with Crippen molar-refractivity contribution in [3.05, 3.63) is 23.8 Å². The number of hydrogen-bond acceptors (Lipinski definition) is 4. The number of carbonyl (C=O) groups excluding carboxylic acids is 1. The Kier molecular flexibility index (Phi) is 6.39. The molecule has 0 saturated heterocycles. The van der Waals surface area contributed by atoms with Crippen LogP contribution in [0.1, 0.15) is 39.7 Å². The smallest absolute Gasteiger partial charge is 0.256 e. The van der Waals surface area contributed by atoms with Crippen molar-refractivity contribution < 1.29 is 14.3 Å². The zero-order valence-corrected chi connectivity index (χ0v) is 13.9. The monoisotopic (exact) mass is 304 g/mol. The van der Waals surface area contributed by atoms with Gasteiger partial charge in [0.2, 0.25) is 0 Å². The quantitative estimate of drug-likeness (QED) is 0.838. The molecule has 0 unspecified atom stereocenters. The molecule has 0 fully saturated rings. The van der Waals surface area contributed by atoms with Gasteiger partial charge in [-0.25, -0.2) is 0 Å². The number of anilines is 1. The fourth-order valence-electron chi connectivity index (χ4n) is 2.28. The molecule has 1 N–H and O–H groups in total. The first-order valence-corrected chi connectivity index (χ1v) is 7.39. The number of amides is 1. The first-order chi connectivity index (χ1) is 10.4. The molecule has 5 nitrogen and oxygen atoms in total. The third-order valence-corrected chi connectivity index (χ3v) is 3.40. The maximum absolute atomic E-state index is 12.5. The van der Waals surface area contributed by atoms with Gasteiger partial charge in [-0.3, -0.25) is 4.79 Å². The molecular formula is C17H24N2O3. The molecule has 1 rings (SSSR count). The molecular weight excluding hydrogens is 280 g/mol. The number of nitrogens with one attached hydrogen (secondary N) is 1. The Labute approximate surface area is 132 Å². The summed E-state index contributed by atoms with van der Waals surface area (Å²) in [7, 11) is 1.52. The summed E-state index contributed by atoms with van der Waals surface area (Å²) in [5.74, 6) is 0.657. The SMILES string of the molecule is CCOc1ccc(NC(=O)[C@@](C)(CC(C)C)OC)c(C#N)c1. The van der Waals surface area contributed by atoms with Crippen molar-refractivity contribution in [1.82, 2.24) is 0 Å². The Bertz CT molecular complexity index is 564. The van der Waals surface area contributed by atoms with Crippen LogP contribution in [0, 0.1) is 17.2 Å². The average Bonchev–Trinajstić information content (AvgIpc) is 2.48. The van der Waals surface area contributed by atoms with Crippen LogP contribution < -0.4 is 10.1 Å². The number of carbonyl (C=O) groups is 1. The normalized spacial score (nSPS) is 13.3. The largest absolute Gasteiger partial charge is 0.494 e. The van der Waals surface area contributed by atoms with Crippen molar-refractivity contribution >= 4 is 11.6 Å². The third-order valence-electron chi connectivity index (χ3n) is 3.40. The molecule has 0 aromatic heterocycles. The molecule has 0 heterocycles. The van der Waals surface area contributed by atoms with Gasteiger partial charge in [0, 0.05) is 7.11 Å². The van der Waals surface area contributed by atoms with Crippen LogP contribution in [0.3, 0.4) is 0 Å². The lowest BCUT2D eigenvalue weighted by atomic mass is 9.93. The number of nitriles is 1. The Morgan fingerprint density at radius 3 is 2.64 bits per heavy atom. The second kappa shape index (κ2) is 7.81. The van der Waals surface area contributed by atoms with Gasteiger partial charge in [-0.1, -0.05) is 13.8 Å². The van der Waals surface area contributed by atoms with Gasteiger partial charge in [0.15, 0.2) is 0 Å². The number of benzene rings is 1. The Balaban J connectivity index is 2.98. The van der Waals surface area contributed by atoms with Crippen molar-refractivity contribution in [2.75, 3.05) is 19.0 Å². The highest BCUT2D eigenvalue weighted by atomic mass is 16.5. The zero-order chi connectivity index (χ0) is 16.8. The molecule has 1 aromatic carbocycles. The van der Waals surface area contributed by atoms with Crippen molar-refractivity contribution in [1.29, 1.82) is 5.26 Å². The predicted molar refractivity (Wildman–Crippen MR) is 85.8 cm³/mol. The average molecular weight is 304 g/mol. The summed E-state index contributed by atoms with van der Waals surface area (Å²) in [6.45, 7) is 8.21. The maximum atomic E-state index is 12.5. The van der Waals surface area contributed by atoms with Gasteiger partial charge >= 0.3 is 0 Å². The van der Waals surface area contributed by atoms with Crippen molar-refractivity contribution in [3.63, 3.8) is 0 Å². The topological polar surface area (TPSA) is 71.3 Å². The van der Waals surface area contributed by atoms with E-state index in [1.807, 2.05) is 20.8 Å². The fourth-order valence-corrected chi connectivity index (χ4v) is 2.28. The second-order valence-corrected chi connectivity index (χ2v) is 5.74. The Morgan fingerprint density at radius 1 is 1.45 bits per heavy atom. The van der Waals surface area contributed by atoms with Gasteiger partial charge in [-0.2, -0.15) is 5.26 Å². The number of rotatable bonds is 7. The first-order valence-electron chi connectivity index (χ1n) is 7.39. The maximum Gasteiger partial charge on any atom is 0.256 e. The summed E-state index contributed by atoms with van der Waals surface area (Å²) in [5, 5.41) is 12.0. The minimum absolute atomic E-state index is 0.260. The molecule has 1 amide bonds. The van der Waals surface area contributed by atoms with E-state index in [4.69, 9.17) is 9.47 Å². The van der Waals surface area contributed by atoms with Crippen LogP contribution in [0.25, 0.3) is 0 Å². The number of hydrogen-bond donors (Lipinski definition) is 1. The molecule has 1 atom stereocenters. The van der Waals surface area contributed by atoms with Gasteiger partial charge < -0.3 is 14.8 Å². The summed E-state index contributed by atoms with van der Waals surface area (Å²) in [4.78, 5) is 12.5. The van der Waals surface area contributed by atoms with Crippen LogP contribution in [-0.2, 0) is 9.53 Å². The molecule has 0 bridgehead atoms. The standard InChI is InChI=1S/C17H24N2O3/c1-6-22-14-7-8-15(13(9-14)11-18)19-16(20)17(4,21-5)10-12(2)3/h7-9,12H,6,10H2,1-5H3,(H,19,20)/t17-/m1/s1. The lowest BCUT2D eigenvalue weighted by Crippen LogP contribution is -2.43. The molecule has 22 heavy (non-hydrogen) atoms. The van der Waals surface area contributed by atoms with Crippen LogP contribution in [0.15, 0.2) is 18.2 Å². The highest BCUT2D eigenvalue weighted by Crippen LogP contribution is 2.26. The van der Waals surface area contributed by atoms with Crippen LogP contribution in [0.5, 0.6) is 5.75 Å². The van der Waals surface area contributed by atoms with Gasteiger partial charge in [0.05, 0.1) is 17.9 Å². The van der Waals surface area contributed by atoms with E-state index >= 15 is 0 Å². The van der Waals surface area contributed by atoms with E-state index in [2.05, 4.69) is 11.4 Å². The van der Waals surface area contributed by atoms with Crippen LogP contribution >= 0.6 is 0 Å². The third kappa shape index (κ3) is 4.47. The van der Waals surface area contributed by atoms with Gasteiger partial charge in [-0.15, -0.1) is 0 Å². The molecule has 0 radical (unpaired) electrons. The van der Waals surface area contributed by atoms with E-state index in [1.54, 1.807) is 25.1 Å². The highest BCUT2D eigenvalue weighted by molar-refractivity contribution is 5.98. The molecule has 1 aromatic rings. The number of nitrogens with zero attached hydrogens (tertiary/aromatic N) is 1. The fraction of sp³-hybridized carbons (Fsp3) is 0.529. The lowest BCUT2D eigenvalue weighted by Gasteiger charge is -2.28.